The Morgan fingerprint density at radius 1 is 1.25 bits per heavy atom. The number of carbonyl (C=O) groups is 1. The Labute approximate surface area is 119 Å². The van der Waals surface area contributed by atoms with Crippen molar-refractivity contribution in [1.29, 1.82) is 0 Å². The van der Waals surface area contributed by atoms with Gasteiger partial charge in [-0.05, 0) is 25.1 Å². The van der Waals surface area contributed by atoms with Crippen molar-refractivity contribution in [1.82, 2.24) is 4.90 Å². The van der Waals surface area contributed by atoms with E-state index in [-0.39, 0.29) is 0 Å². The number of hydrogen-bond donors (Lipinski definition) is 0. The maximum atomic E-state index is 10.8. The number of benzene rings is 1. The first kappa shape index (κ1) is 14.8. The number of aldehydes is 1. The average Bonchev–Trinajstić information content (AvgIpc) is 2.50. The zero-order valence-electron chi connectivity index (χ0n) is 11.8. The lowest BCUT2D eigenvalue weighted by molar-refractivity contribution is 0.0321. The van der Waals surface area contributed by atoms with Gasteiger partial charge in [0.05, 0.1) is 19.8 Å². The summed E-state index contributed by atoms with van der Waals surface area (Å²) in [6.07, 6.45) is 0.806. The van der Waals surface area contributed by atoms with E-state index in [0.29, 0.717) is 30.3 Å². The van der Waals surface area contributed by atoms with Crippen LogP contribution in [0, 0.1) is 0 Å². The second kappa shape index (κ2) is 7.87. The molecular formula is C15H21NO4. The maximum absolute atomic E-state index is 10.8. The zero-order chi connectivity index (χ0) is 14.2. The molecule has 0 radical (unpaired) electrons. The van der Waals surface area contributed by atoms with Crippen LogP contribution in [0.4, 0.5) is 0 Å². The molecule has 0 amide bonds. The van der Waals surface area contributed by atoms with Crippen LogP contribution in [0.1, 0.15) is 17.3 Å². The molecule has 5 heteroatoms. The van der Waals surface area contributed by atoms with Gasteiger partial charge in [-0.3, -0.25) is 9.69 Å². The van der Waals surface area contributed by atoms with Crippen LogP contribution < -0.4 is 9.47 Å². The molecule has 0 bridgehead atoms. The van der Waals surface area contributed by atoms with Crippen LogP contribution in [0.15, 0.2) is 18.2 Å². The fourth-order valence-corrected chi connectivity index (χ4v) is 2.09. The lowest BCUT2D eigenvalue weighted by atomic mass is 10.2. The van der Waals surface area contributed by atoms with Crippen molar-refractivity contribution in [2.75, 3.05) is 46.1 Å². The second-order valence-electron chi connectivity index (χ2n) is 4.56. The molecule has 0 aromatic heterocycles. The molecular weight excluding hydrogens is 258 g/mol. The monoisotopic (exact) mass is 279 g/mol. The van der Waals surface area contributed by atoms with Gasteiger partial charge in [0.15, 0.2) is 11.5 Å². The predicted octanol–water partition coefficient (Wildman–Crippen LogP) is 1.61. The van der Waals surface area contributed by atoms with Gasteiger partial charge in [-0.1, -0.05) is 0 Å². The molecule has 1 aliphatic heterocycles. The van der Waals surface area contributed by atoms with E-state index in [1.165, 1.54) is 0 Å². The smallest absolute Gasteiger partial charge is 0.161 e. The van der Waals surface area contributed by atoms with Crippen molar-refractivity contribution in [2.24, 2.45) is 0 Å². The van der Waals surface area contributed by atoms with Gasteiger partial charge < -0.3 is 14.2 Å². The van der Waals surface area contributed by atoms with Gasteiger partial charge in [0, 0.05) is 25.2 Å². The number of carbonyl (C=O) groups excluding carboxylic acids is 1. The van der Waals surface area contributed by atoms with Crippen molar-refractivity contribution < 1.29 is 19.0 Å². The highest BCUT2D eigenvalue weighted by Crippen LogP contribution is 2.28. The first-order chi connectivity index (χ1) is 9.83. The molecule has 1 heterocycles. The highest BCUT2D eigenvalue weighted by atomic mass is 16.5. The lowest BCUT2D eigenvalue weighted by Gasteiger charge is -2.26. The van der Waals surface area contributed by atoms with Gasteiger partial charge >= 0.3 is 0 Å². The van der Waals surface area contributed by atoms with Crippen LogP contribution in [0.2, 0.25) is 0 Å². The van der Waals surface area contributed by atoms with Crippen LogP contribution in [-0.2, 0) is 4.74 Å². The summed E-state index contributed by atoms with van der Waals surface area (Å²) in [7, 11) is 0. The summed E-state index contributed by atoms with van der Waals surface area (Å²) in [6, 6.07) is 5.23. The van der Waals surface area contributed by atoms with E-state index < -0.39 is 0 Å². The number of morpholine rings is 1. The summed E-state index contributed by atoms with van der Waals surface area (Å²) < 4.78 is 16.6. The largest absolute Gasteiger partial charge is 0.490 e. The van der Waals surface area contributed by atoms with Crippen LogP contribution in [0.5, 0.6) is 11.5 Å². The predicted molar refractivity (Wildman–Crippen MR) is 75.8 cm³/mol. The van der Waals surface area contributed by atoms with Crippen molar-refractivity contribution in [3.05, 3.63) is 23.8 Å². The molecule has 110 valence electrons. The highest BCUT2D eigenvalue weighted by Gasteiger charge is 2.11. The minimum atomic E-state index is 0.544. The molecule has 2 rings (SSSR count). The average molecular weight is 279 g/mol. The van der Waals surface area contributed by atoms with Crippen molar-refractivity contribution in [3.63, 3.8) is 0 Å². The number of hydrogen-bond acceptors (Lipinski definition) is 5. The van der Waals surface area contributed by atoms with Crippen LogP contribution in [0.3, 0.4) is 0 Å². The summed E-state index contributed by atoms with van der Waals surface area (Å²) in [5.74, 6) is 1.31. The molecule has 1 aromatic rings. The molecule has 0 aliphatic carbocycles. The third-order valence-electron chi connectivity index (χ3n) is 3.17. The Morgan fingerprint density at radius 2 is 2.05 bits per heavy atom. The molecule has 0 atom stereocenters. The van der Waals surface area contributed by atoms with Gasteiger partial charge in [0.1, 0.15) is 12.9 Å². The highest BCUT2D eigenvalue weighted by molar-refractivity contribution is 5.76. The molecule has 0 saturated carbocycles. The summed E-state index contributed by atoms with van der Waals surface area (Å²) >= 11 is 0. The number of nitrogens with zero attached hydrogens (tertiary/aromatic N) is 1. The molecule has 1 aromatic carbocycles. The van der Waals surface area contributed by atoms with Crippen LogP contribution in [-0.4, -0.2) is 57.2 Å². The fraction of sp³-hybridized carbons (Fsp3) is 0.533. The molecule has 20 heavy (non-hydrogen) atoms. The zero-order valence-corrected chi connectivity index (χ0v) is 11.8. The van der Waals surface area contributed by atoms with Crippen molar-refractivity contribution in [3.8, 4) is 11.5 Å². The summed E-state index contributed by atoms with van der Waals surface area (Å²) in [4.78, 5) is 13.1. The maximum Gasteiger partial charge on any atom is 0.161 e. The Bertz CT molecular complexity index is 430. The Hall–Kier alpha value is -1.59. The van der Waals surface area contributed by atoms with Gasteiger partial charge in [-0.15, -0.1) is 0 Å². The summed E-state index contributed by atoms with van der Waals surface area (Å²) in [6.45, 7) is 7.39. The lowest BCUT2D eigenvalue weighted by Crippen LogP contribution is -2.38. The number of rotatable bonds is 7. The van der Waals surface area contributed by atoms with E-state index in [2.05, 4.69) is 4.90 Å². The first-order valence-electron chi connectivity index (χ1n) is 6.98. The molecule has 1 aliphatic rings. The molecule has 0 unspecified atom stereocenters. The van der Waals surface area contributed by atoms with E-state index in [4.69, 9.17) is 14.2 Å². The molecule has 1 fully saturated rings. The minimum Gasteiger partial charge on any atom is -0.490 e. The van der Waals surface area contributed by atoms with Crippen LogP contribution >= 0.6 is 0 Å². The van der Waals surface area contributed by atoms with Gasteiger partial charge in [0.2, 0.25) is 0 Å². The van der Waals surface area contributed by atoms with Crippen LogP contribution in [0.25, 0.3) is 0 Å². The molecule has 0 N–H and O–H groups in total. The van der Waals surface area contributed by atoms with E-state index in [9.17, 15) is 4.79 Å². The topological polar surface area (TPSA) is 48.0 Å². The fourth-order valence-electron chi connectivity index (χ4n) is 2.09. The second-order valence-corrected chi connectivity index (χ2v) is 4.56. The number of ether oxygens (including phenoxy) is 3. The van der Waals surface area contributed by atoms with E-state index >= 15 is 0 Å². The first-order valence-corrected chi connectivity index (χ1v) is 6.98. The summed E-state index contributed by atoms with van der Waals surface area (Å²) in [5.41, 5.74) is 0.592. The van der Waals surface area contributed by atoms with Gasteiger partial charge in [-0.25, -0.2) is 0 Å². The van der Waals surface area contributed by atoms with Gasteiger partial charge in [-0.2, -0.15) is 0 Å². The molecule has 0 spiro atoms. The van der Waals surface area contributed by atoms with E-state index in [0.717, 1.165) is 39.1 Å². The third kappa shape index (κ3) is 4.21. The standard InChI is InChI=1S/C15H21NO4/c1-2-19-15-11-13(12-17)3-4-14(15)20-10-7-16-5-8-18-9-6-16/h3-4,11-12H,2,5-10H2,1H3. The molecule has 5 nitrogen and oxygen atoms in total. The Morgan fingerprint density at radius 3 is 2.75 bits per heavy atom. The Kier molecular flexibility index (Phi) is 5.83. The van der Waals surface area contributed by atoms with E-state index in [1.807, 2.05) is 6.92 Å². The Balaban J connectivity index is 1.88. The summed E-state index contributed by atoms with van der Waals surface area (Å²) in [5, 5.41) is 0. The normalized spacial score (nSPS) is 15.8. The third-order valence-corrected chi connectivity index (χ3v) is 3.17. The minimum absolute atomic E-state index is 0.544. The SMILES string of the molecule is CCOc1cc(C=O)ccc1OCCN1CCOCC1. The quantitative estimate of drug-likeness (QED) is 0.710. The van der Waals surface area contributed by atoms with Crippen molar-refractivity contribution >= 4 is 6.29 Å². The van der Waals surface area contributed by atoms with Crippen molar-refractivity contribution in [2.45, 2.75) is 6.92 Å². The molecule has 1 saturated heterocycles. The van der Waals surface area contributed by atoms with E-state index in [1.54, 1.807) is 18.2 Å². The van der Waals surface area contributed by atoms with Gasteiger partial charge in [0.25, 0.3) is 0 Å².